The van der Waals surface area contributed by atoms with E-state index in [-0.39, 0.29) is 11.8 Å². The van der Waals surface area contributed by atoms with E-state index in [1.165, 1.54) is 0 Å². The number of carbonyl (C=O) groups is 1. The van der Waals surface area contributed by atoms with Gasteiger partial charge in [-0.3, -0.25) is 9.20 Å². The van der Waals surface area contributed by atoms with Crippen LogP contribution < -0.4 is 5.32 Å². The molecule has 1 saturated carbocycles. The van der Waals surface area contributed by atoms with Crippen molar-refractivity contribution in [2.24, 2.45) is 0 Å². The van der Waals surface area contributed by atoms with Crippen LogP contribution >= 0.6 is 0 Å². The fourth-order valence-corrected chi connectivity index (χ4v) is 3.11. The second-order valence-electron chi connectivity index (χ2n) is 6.87. The van der Waals surface area contributed by atoms with Gasteiger partial charge in [0.2, 0.25) is 11.7 Å². The van der Waals surface area contributed by atoms with Crippen molar-refractivity contribution in [1.82, 2.24) is 19.5 Å². The van der Waals surface area contributed by atoms with Gasteiger partial charge in [-0.1, -0.05) is 23.4 Å². The molecule has 1 fully saturated rings. The Morgan fingerprint density at radius 1 is 1.32 bits per heavy atom. The molecule has 3 heterocycles. The van der Waals surface area contributed by atoms with Crippen molar-refractivity contribution < 1.29 is 13.7 Å². The van der Waals surface area contributed by atoms with Gasteiger partial charge in [-0.15, -0.1) is 0 Å². The first kappa shape index (κ1) is 16.6. The van der Waals surface area contributed by atoms with Crippen LogP contribution in [0.2, 0.25) is 0 Å². The number of hydrogen-bond acceptors (Lipinski definition) is 5. The standard InChI is InChI=1S/C20H16FN5O2/c1-11-5-6-12(18-24-20(28-25-18)13-9-14(13)21)8-15(11)23-19(27)16-10-22-17-4-2-3-7-26(16)17/h2-8,10,13-14H,9H2,1H3,(H,23,27)/t13-,14?/m0/s1. The van der Waals surface area contributed by atoms with E-state index in [1.54, 1.807) is 22.9 Å². The predicted molar refractivity (Wildman–Crippen MR) is 99.9 cm³/mol. The first-order chi connectivity index (χ1) is 13.6. The Morgan fingerprint density at radius 3 is 3.00 bits per heavy atom. The van der Waals surface area contributed by atoms with Crippen LogP contribution in [0.3, 0.4) is 0 Å². The summed E-state index contributed by atoms with van der Waals surface area (Å²) in [5, 5.41) is 6.86. The van der Waals surface area contributed by atoms with Gasteiger partial charge in [-0.2, -0.15) is 4.98 Å². The molecule has 1 amide bonds. The van der Waals surface area contributed by atoms with Gasteiger partial charge in [0.05, 0.1) is 12.1 Å². The van der Waals surface area contributed by atoms with Crippen molar-refractivity contribution in [3.63, 3.8) is 0 Å². The van der Waals surface area contributed by atoms with E-state index in [4.69, 9.17) is 4.52 Å². The molecule has 140 valence electrons. The van der Waals surface area contributed by atoms with Gasteiger partial charge in [0, 0.05) is 17.4 Å². The highest BCUT2D eigenvalue weighted by Crippen LogP contribution is 2.43. The molecular weight excluding hydrogens is 361 g/mol. The molecule has 7 nitrogen and oxygen atoms in total. The maximum atomic E-state index is 13.2. The fraction of sp³-hybridized carbons (Fsp3) is 0.200. The molecular formula is C20H16FN5O2. The molecule has 0 radical (unpaired) electrons. The molecule has 0 saturated heterocycles. The van der Waals surface area contributed by atoms with E-state index in [9.17, 15) is 9.18 Å². The zero-order chi connectivity index (χ0) is 19.3. The van der Waals surface area contributed by atoms with Gasteiger partial charge in [-0.25, -0.2) is 9.37 Å². The Hall–Kier alpha value is -3.55. The quantitative estimate of drug-likeness (QED) is 0.585. The molecule has 1 unspecified atom stereocenters. The number of rotatable bonds is 4. The van der Waals surface area contributed by atoms with Crippen molar-refractivity contribution in [2.45, 2.75) is 25.4 Å². The van der Waals surface area contributed by atoms with Gasteiger partial charge < -0.3 is 9.84 Å². The normalized spacial score (nSPS) is 18.4. The van der Waals surface area contributed by atoms with Crippen molar-refractivity contribution >= 4 is 17.2 Å². The van der Waals surface area contributed by atoms with Crippen LogP contribution in [0.5, 0.6) is 0 Å². The summed E-state index contributed by atoms with van der Waals surface area (Å²) in [6, 6.07) is 11.0. The minimum Gasteiger partial charge on any atom is -0.339 e. The monoisotopic (exact) mass is 377 g/mol. The third kappa shape index (κ3) is 2.83. The lowest BCUT2D eigenvalue weighted by atomic mass is 10.1. The molecule has 1 aromatic carbocycles. The Morgan fingerprint density at radius 2 is 2.18 bits per heavy atom. The molecule has 1 aliphatic carbocycles. The van der Waals surface area contributed by atoms with Crippen LogP contribution in [0.15, 0.2) is 53.3 Å². The van der Waals surface area contributed by atoms with Gasteiger partial charge >= 0.3 is 0 Å². The smallest absolute Gasteiger partial charge is 0.274 e. The number of amides is 1. The molecule has 5 rings (SSSR count). The van der Waals surface area contributed by atoms with Crippen LogP contribution in [0.1, 0.15) is 34.3 Å². The number of aryl methyl sites for hydroxylation is 1. The minimum atomic E-state index is -0.897. The summed E-state index contributed by atoms with van der Waals surface area (Å²) in [6.45, 7) is 1.90. The number of aromatic nitrogens is 4. The minimum absolute atomic E-state index is 0.272. The average molecular weight is 377 g/mol. The van der Waals surface area contributed by atoms with Crippen LogP contribution in [-0.2, 0) is 0 Å². The van der Waals surface area contributed by atoms with E-state index >= 15 is 0 Å². The summed E-state index contributed by atoms with van der Waals surface area (Å²) in [5.74, 6) is 0.130. The molecule has 0 aliphatic heterocycles. The number of pyridine rings is 1. The largest absolute Gasteiger partial charge is 0.339 e. The average Bonchev–Trinajstić information content (AvgIpc) is 3.12. The summed E-state index contributed by atoms with van der Waals surface area (Å²) in [4.78, 5) is 21.3. The Bertz CT molecular complexity index is 1200. The van der Waals surface area contributed by atoms with Crippen LogP contribution in [0, 0.1) is 6.92 Å². The molecule has 8 heteroatoms. The maximum absolute atomic E-state index is 13.2. The van der Waals surface area contributed by atoms with Crippen LogP contribution in [0.25, 0.3) is 17.0 Å². The number of imidazole rings is 1. The molecule has 1 N–H and O–H groups in total. The predicted octanol–water partition coefficient (Wildman–Crippen LogP) is 3.77. The van der Waals surface area contributed by atoms with Crippen LogP contribution in [-0.4, -0.2) is 31.6 Å². The summed E-state index contributed by atoms with van der Waals surface area (Å²) < 4.78 is 20.1. The zero-order valence-electron chi connectivity index (χ0n) is 15.0. The lowest BCUT2D eigenvalue weighted by Crippen LogP contribution is -2.15. The summed E-state index contributed by atoms with van der Waals surface area (Å²) in [6.07, 6.45) is 2.86. The first-order valence-electron chi connectivity index (χ1n) is 8.92. The molecule has 3 aromatic heterocycles. The lowest BCUT2D eigenvalue weighted by Gasteiger charge is -2.09. The topological polar surface area (TPSA) is 85.3 Å². The van der Waals surface area contributed by atoms with E-state index in [0.29, 0.717) is 40.7 Å². The summed E-state index contributed by atoms with van der Waals surface area (Å²) >= 11 is 0. The highest BCUT2D eigenvalue weighted by atomic mass is 19.1. The van der Waals surface area contributed by atoms with Gasteiger partial charge in [0.15, 0.2) is 0 Å². The number of benzene rings is 1. The second-order valence-corrected chi connectivity index (χ2v) is 6.87. The summed E-state index contributed by atoms with van der Waals surface area (Å²) in [5.41, 5.74) is 3.34. The van der Waals surface area contributed by atoms with Gasteiger partial charge in [-0.05, 0) is 37.1 Å². The molecule has 4 aromatic rings. The number of nitrogens with one attached hydrogen (secondary N) is 1. The van der Waals surface area contributed by atoms with Gasteiger partial charge in [0.25, 0.3) is 5.91 Å². The molecule has 0 spiro atoms. The third-order valence-corrected chi connectivity index (χ3v) is 4.87. The number of fused-ring (bicyclic) bond motifs is 1. The Balaban J connectivity index is 1.43. The number of hydrogen-bond donors (Lipinski definition) is 1. The molecule has 28 heavy (non-hydrogen) atoms. The second kappa shape index (κ2) is 6.26. The highest BCUT2D eigenvalue weighted by molar-refractivity contribution is 6.04. The maximum Gasteiger partial charge on any atom is 0.274 e. The molecule has 1 aliphatic rings. The number of alkyl halides is 1. The van der Waals surface area contributed by atoms with Crippen LogP contribution in [0.4, 0.5) is 10.1 Å². The van der Waals surface area contributed by atoms with E-state index in [1.807, 2.05) is 37.3 Å². The lowest BCUT2D eigenvalue weighted by molar-refractivity contribution is 0.102. The van der Waals surface area contributed by atoms with Crippen molar-refractivity contribution in [1.29, 1.82) is 0 Å². The SMILES string of the molecule is Cc1ccc(-c2noc([C@H]3CC3F)n2)cc1NC(=O)c1cnc2ccccn12. The fourth-order valence-electron chi connectivity index (χ4n) is 3.11. The number of halogens is 1. The number of nitrogens with zero attached hydrogens (tertiary/aromatic N) is 4. The van der Waals surface area contributed by atoms with Crippen molar-refractivity contribution in [3.05, 3.63) is 65.9 Å². The third-order valence-electron chi connectivity index (χ3n) is 4.87. The van der Waals surface area contributed by atoms with E-state index in [2.05, 4.69) is 20.4 Å². The van der Waals surface area contributed by atoms with E-state index < -0.39 is 6.17 Å². The molecule has 0 bridgehead atoms. The molecule has 2 atom stereocenters. The Kier molecular flexibility index (Phi) is 3.71. The first-order valence-corrected chi connectivity index (χ1v) is 8.92. The zero-order valence-corrected chi connectivity index (χ0v) is 15.0. The van der Waals surface area contributed by atoms with Crippen molar-refractivity contribution in [2.75, 3.05) is 5.32 Å². The Labute approximate surface area is 159 Å². The highest BCUT2D eigenvalue weighted by Gasteiger charge is 2.43. The van der Waals surface area contributed by atoms with E-state index in [0.717, 1.165) is 5.56 Å². The van der Waals surface area contributed by atoms with Crippen molar-refractivity contribution in [3.8, 4) is 11.4 Å². The number of carbonyl (C=O) groups excluding carboxylic acids is 1. The summed E-state index contributed by atoms with van der Waals surface area (Å²) in [7, 11) is 0. The van der Waals surface area contributed by atoms with Gasteiger partial charge in [0.1, 0.15) is 17.5 Å². The number of anilines is 1.